The molecule has 2 aromatic carbocycles. The third-order valence-electron chi connectivity index (χ3n) is 4.94. The van der Waals surface area contributed by atoms with Crippen LogP contribution >= 0.6 is 11.6 Å². The molecular weight excluding hydrogens is 330 g/mol. The highest BCUT2D eigenvalue weighted by molar-refractivity contribution is 6.30. The monoisotopic (exact) mass is 351 g/mol. The van der Waals surface area contributed by atoms with E-state index in [1.165, 1.54) is 5.56 Å². The molecule has 3 aromatic rings. The number of benzene rings is 2. The number of imidazole rings is 1. The molecule has 4 heteroatoms. The van der Waals surface area contributed by atoms with E-state index >= 15 is 0 Å². The van der Waals surface area contributed by atoms with Gasteiger partial charge in [0.15, 0.2) is 0 Å². The van der Waals surface area contributed by atoms with Gasteiger partial charge >= 0.3 is 0 Å². The Morgan fingerprint density at radius 3 is 2.64 bits per heavy atom. The van der Waals surface area contributed by atoms with Crippen LogP contribution in [0.15, 0.2) is 54.6 Å². The fourth-order valence-corrected chi connectivity index (χ4v) is 3.74. The molecule has 3 nitrogen and oxygen atoms in total. The number of likely N-dealkylation sites (tertiary alicyclic amines) is 1. The first-order valence-electron chi connectivity index (χ1n) is 8.78. The molecule has 128 valence electrons. The number of hydrogen-bond acceptors (Lipinski definition) is 2. The summed E-state index contributed by atoms with van der Waals surface area (Å²) in [6.07, 6.45) is 1.15. The van der Waals surface area contributed by atoms with Gasteiger partial charge in [0.2, 0.25) is 0 Å². The third kappa shape index (κ3) is 3.63. The second-order valence-corrected chi connectivity index (χ2v) is 7.23. The summed E-state index contributed by atoms with van der Waals surface area (Å²) in [5, 5.41) is 0.758. The highest BCUT2D eigenvalue weighted by atomic mass is 35.5. The van der Waals surface area contributed by atoms with Crippen molar-refractivity contribution < 1.29 is 0 Å². The lowest BCUT2D eigenvalue weighted by Gasteiger charge is -2.15. The summed E-state index contributed by atoms with van der Waals surface area (Å²) in [7, 11) is 0. The molecule has 1 unspecified atom stereocenters. The third-order valence-corrected chi connectivity index (χ3v) is 5.20. The number of hydrogen-bond donors (Lipinski definition) is 1. The predicted molar refractivity (Wildman–Crippen MR) is 103 cm³/mol. The molecule has 0 saturated carbocycles. The average Bonchev–Trinajstić information content (AvgIpc) is 3.23. The summed E-state index contributed by atoms with van der Waals surface area (Å²) < 4.78 is 0. The first-order chi connectivity index (χ1) is 12.2. The molecule has 1 aliphatic heterocycles. The number of aromatic nitrogens is 2. The van der Waals surface area contributed by atoms with E-state index < -0.39 is 0 Å². The molecule has 0 bridgehead atoms. The molecule has 4 rings (SSSR count). The molecule has 1 aliphatic rings. The number of rotatable bonds is 4. The first kappa shape index (κ1) is 16.4. The van der Waals surface area contributed by atoms with Crippen LogP contribution in [-0.4, -0.2) is 28.0 Å². The van der Waals surface area contributed by atoms with Gasteiger partial charge in [-0.1, -0.05) is 54.1 Å². The maximum Gasteiger partial charge on any atom is 0.111 e. The van der Waals surface area contributed by atoms with E-state index in [1.807, 2.05) is 24.3 Å². The van der Waals surface area contributed by atoms with Crippen molar-refractivity contribution in [2.75, 3.05) is 13.1 Å². The van der Waals surface area contributed by atoms with Crippen molar-refractivity contribution >= 4 is 11.6 Å². The molecule has 1 saturated heterocycles. The SMILES string of the molecule is Cc1nc(C2CCN(Cc3ccccc3)C2)[nH]c1-c1ccc(Cl)cc1. The fraction of sp³-hybridized carbons (Fsp3) is 0.286. The molecule has 0 amide bonds. The minimum Gasteiger partial charge on any atom is -0.342 e. The van der Waals surface area contributed by atoms with Gasteiger partial charge in [0.25, 0.3) is 0 Å². The molecule has 0 aliphatic carbocycles. The van der Waals surface area contributed by atoms with E-state index in [1.54, 1.807) is 0 Å². The summed E-state index contributed by atoms with van der Waals surface area (Å²) in [5.74, 6) is 1.58. The summed E-state index contributed by atoms with van der Waals surface area (Å²) in [6, 6.07) is 18.6. The maximum absolute atomic E-state index is 6.00. The lowest BCUT2D eigenvalue weighted by Crippen LogP contribution is -2.19. The minimum absolute atomic E-state index is 0.475. The van der Waals surface area contributed by atoms with Gasteiger partial charge in [-0.3, -0.25) is 4.90 Å². The standard InChI is InChI=1S/C21H22ClN3/c1-15-20(17-7-9-19(22)10-8-17)24-21(23-15)18-11-12-25(14-18)13-16-5-3-2-4-6-16/h2-10,18H,11-14H2,1H3,(H,23,24). The van der Waals surface area contributed by atoms with Crippen molar-refractivity contribution in [2.45, 2.75) is 25.8 Å². The van der Waals surface area contributed by atoms with E-state index in [0.29, 0.717) is 5.92 Å². The summed E-state index contributed by atoms with van der Waals surface area (Å²) >= 11 is 6.00. The van der Waals surface area contributed by atoms with Crippen LogP contribution in [0.25, 0.3) is 11.3 Å². The second kappa shape index (κ2) is 7.03. The second-order valence-electron chi connectivity index (χ2n) is 6.80. The predicted octanol–water partition coefficient (Wildman–Crippen LogP) is 5.03. The first-order valence-corrected chi connectivity index (χ1v) is 9.15. The van der Waals surface area contributed by atoms with Crippen molar-refractivity contribution in [3.05, 3.63) is 76.7 Å². The summed E-state index contributed by atoms with van der Waals surface area (Å²) in [5.41, 5.74) is 4.67. The maximum atomic E-state index is 6.00. The van der Waals surface area contributed by atoms with Crippen LogP contribution in [-0.2, 0) is 6.54 Å². The number of aromatic amines is 1. The Bertz CT molecular complexity index is 839. The Morgan fingerprint density at radius 2 is 1.88 bits per heavy atom. The van der Waals surface area contributed by atoms with Gasteiger partial charge in [-0.05, 0) is 43.1 Å². The summed E-state index contributed by atoms with van der Waals surface area (Å²) in [4.78, 5) is 10.9. The van der Waals surface area contributed by atoms with Crippen molar-refractivity contribution in [1.29, 1.82) is 0 Å². The zero-order chi connectivity index (χ0) is 17.2. The van der Waals surface area contributed by atoms with Gasteiger partial charge in [-0.2, -0.15) is 0 Å². The molecule has 25 heavy (non-hydrogen) atoms. The Balaban J connectivity index is 1.48. The minimum atomic E-state index is 0.475. The van der Waals surface area contributed by atoms with Gasteiger partial charge in [-0.15, -0.1) is 0 Å². The summed E-state index contributed by atoms with van der Waals surface area (Å²) in [6.45, 7) is 5.26. The van der Waals surface area contributed by atoms with Crippen LogP contribution in [0.3, 0.4) is 0 Å². The smallest absolute Gasteiger partial charge is 0.111 e. The van der Waals surface area contributed by atoms with Crippen molar-refractivity contribution in [3.8, 4) is 11.3 Å². The Kier molecular flexibility index (Phi) is 4.60. The zero-order valence-corrected chi connectivity index (χ0v) is 15.1. The van der Waals surface area contributed by atoms with Crippen LogP contribution in [0.5, 0.6) is 0 Å². The Labute approximate surface area is 153 Å². The Morgan fingerprint density at radius 1 is 1.12 bits per heavy atom. The van der Waals surface area contributed by atoms with Crippen molar-refractivity contribution in [3.63, 3.8) is 0 Å². The number of aryl methyl sites for hydroxylation is 1. The number of H-pyrrole nitrogens is 1. The number of nitrogens with one attached hydrogen (secondary N) is 1. The van der Waals surface area contributed by atoms with Gasteiger partial charge in [0.05, 0.1) is 11.4 Å². The van der Waals surface area contributed by atoms with Crippen LogP contribution in [0.4, 0.5) is 0 Å². The van der Waals surface area contributed by atoms with E-state index in [9.17, 15) is 0 Å². The van der Waals surface area contributed by atoms with Gasteiger partial charge in [-0.25, -0.2) is 4.98 Å². The van der Waals surface area contributed by atoms with Crippen LogP contribution in [0.1, 0.15) is 29.4 Å². The number of halogens is 1. The van der Waals surface area contributed by atoms with Gasteiger partial charge in [0.1, 0.15) is 5.82 Å². The molecule has 1 fully saturated rings. The van der Waals surface area contributed by atoms with E-state index in [2.05, 4.69) is 47.1 Å². The zero-order valence-electron chi connectivity index (χ0n) is 14.4. The quantitative estimate of drug-likeness (QED) is 0.715. The number of nitrogens with zero attached hydrogens (tertiary/aromatic N) is 2. The molecule has 1 N–H and O–H groups in total. The lowest BCUT2D eigenvalue weighted by molar-refractivity contribution is 0.326. The van der Waals surface area contributed by atoms with E-state index in [4.69, 9.17) is 16.6 Å². The van der Waals surface area contributed by atoms with Crippen LogP contribution in [0, 0.1) is 6.92 Å². The molecule has 0 spiro atoms. The average molecular weight is 352 g/mol. The lowest BCUT2D eigenvalue weighted by atomic mass is 10.1. The van der Waals surface area contributed by atoms with Crippen LogP contribution < -0.4 is 0 Å². The molecular formula is C21H22ClN3. The van der Waals surface area contributed by atoms with E-state index in [0.717, 1.165) is 53.9 Å². The Hall–Kier alpha value is -2.10. The van der Waals surface area contributed by atoms with Gasteiger partial charge < -0.3 is 4.98 Å². The fourth-order valence-electron chi connectivity index (χ4n) is 3.62. The topological polar surface area (TPSA) is 31.9 Å². The largest absolute Gasteiger partial charge is 0.342 e. The molecule has 0 radical (unpaired) electrons. The molecule has 1 atom stereocenters. The van der Waals surface area contributed by atoms with Crippen molar-refractivity contribution in [2.24, 2.45) is 0 Å². The highest BCUT2D eigenvalue weighted by Gasteiger charge is 2.26. The van der Waals surface area contributed by atoms with Crippen molar-refractivity contribution in [1.82, 2.24) is 14.9 Å². The van der Waals surface area contributed by atoms with Crippen LogP contribution in [0.2, 0.25) is 5.02 Å². The molecule has 2 heterocycles. The molecule has 1 aromatic heterocycles. The normalized spacial score (nSPS) is 17.9. The highest BCUT2D eigenvalue weighted by Crippen LogP contribution is 2.30. The van der Waals surface area contributed by atoms with E-state index in [-0.39, 0.29) is 0 Å². The van der Waals surface area contributed by atoms with Gasteiger partial charge in [0, 0.05) is 24.0 Å².